The van der Waals surface area contributed by atoms with Gasteiger partial charge in [-0.15, -0.1) is 0 Å². The van der Waals surface area contributed by atoms with Gasteiger partial charge in [0.25, 0.3) is 0 Å². The van der Waals surface area contributed by atoms with Crippen molar-refractivity contribution in [3.05, 3.63) is 156 Å². The maximum absolute atomic E-state index is 7.65. The average molecular weight is 681 g/mol. The number of para-hydroxylation sites is 2. The summed E-state index contributed by atoms with van der Waals surface area (Å²) in [5.41, 5.74) is 12.1. The van der Waals surface area contributed by atoms with E-state index in [2.05, 4.69) is 117 Å². The molecule has 242 valence electrons. The van der Waals surface area contributed by atoms with Gasteiger partial charge >= 0.3 is 0 Å². The zero-order valence-electron chi connectivity index (χ0n) is 28.4. The molecule has 52 heavy (non-hydrogen) atoms. The molecule has 10 aromatic rings. The molecule has 0 aliphatic carbocycles. The van der Waals surface area contributed by atoms with E-state index in [9.17, 15) is 0 Å². The van der Waals surface area contributed by atoms with Crippen LogP contribution in [0.1, 0.15) is 0 Å². The fraction of sp³-hybridized carbons (Fsp3) is 0.0435. The molecule has 0 N–H and O–H groups in total. The second-order valence-corrected chi connectivity index (χ2v) is 18.7. The topological polar surface area (TPSA) is 31.7 Å². The van der Waals surface area contributed by atoms with Crippen molar-refractivity contribution in [2.75, 3.05) is 0 Å². The van der Waals surface area contributed by atoms with E-state index in [1.54, 1.807) is 0 Å². The van der Waals surface area contributed by atoms with Crippen molar-refractivity contribution in [1.29, 1.82) is 0 Å². The van der Waals surface area contributed by atoms with Crippen LogP contribution in [0.4, 0.5) is 11.4 Å². The lowest BCUT2D eigenvalue weighted by molar-refractivity contribution is 0.669. The van der Waals surface area contributed by atoms with E-state index in [1.165, 1.54) is 37.8 Å². The highest BCUT2D eigenvalue weighted by Gasteiger charge is 2.38. The molecular weight excluding hydrogens is 653 g/mol. The van der Waals surface area contributed by atoms with Gasteiger partial charge < -0.3 is 13.6 Å². The summed E-state index contributed by atoms with van der Waals surface area (Å²) < 4.78 is 11.1. The number of furan rings is 1. The van der Waals surface area contributed by atoms with Crippen LogP contribution >= 0.6 is 0 Å². The van der Waals surface area contributed by atoms with Crippen LogP contribution in [-0.4, -0.2) is 17.2 Å². The second-order valence-electron chi connectivity index (χ2n) is 14.4. The molecule has 11 rings (SSSR count). The lowest BCUT2D eigenvalue weighted by Gasteiger charge is -2.19. The van der Waals surface area contributed by atoms with Gasteiger partial charge in [0.1, 0.15) is 19.2 Å². The number of nitrogens with zero attached hydrogens (tertiary/aromatic N) is 4. The Balaban J connectivity index is 1.15. The van der Waals surface area contributed by atoms with Gasteiger partial charge in [-0.2, -0.15) is 0 Å². The fourth-order valence-electron chi connectivity index (χ4n) is 8.91. The number of benzene rings is 7. The van der Waals surface area contributed by atoms with Crippen molar-refractivity contribution in [2.24, 2.45) is 0 Å². The van der Waals surface area contributed by atoms with Crippen LogP contribution in [0.5, 0.6) is 0 Å². The molecular formula is C46H28N4OSi. The molecule has 0 bridgehead atoms. The first-order valence-electron chi connectivity index (χ1n) is 17.4. The van der Waals surface area contributed by atoms with E-state index in [-0.39, 0.29) is 0 Å². The zero-order valence-corrected chi connectivity index (χ0v) is 29.4. The van der Waals surface area contributed by atoms with E-state index < -0.39 is 8.07 Å². The number of fused-ring (bicyclic) bond motifs is 12. The van der Waals surface area contributed by atoms with Crippen LogP contribution in [0, 0.1) is 13.1 Å². The molecule has 7 aromatic carbocycles. The molecule has 6 heteroatoms. The Labute approximate surface area is 299 Å². The van der Waals surface area contributed by atoms with Crippen LogP contribution in [0.25, 0.3) is 97.7 Å². The van der Waals surface area contributed by atoms with Crippen LogP contribution in [-0.2, 0) is 0 Å². The minimum atomic E-state index is -1.99. The van der Waals surface area contributed by atoms with Gasteiger partial charge in [-0.25, -0.2) is 9.69 Å². The van der Waals surface area contributed by atoms with Crippen molar-refractivity contribution in [3.8, 4) is 22.5 Å². The normalized spacial score (nSPS) is 13.3. The fourth-order valence-corrected chi connectivity index (χ4v) is 12.0. The third kappa shape index (κ3) is 3.74. The van der Waals surface area contributed by atoms with Crippen LogP contribution in [0.3, 0.4) is 0 Å². The molecule has 3 aromatic heterocycles. The van der Waals surface area contributed by atoms with E-state index in [1.807, 2.05) is 48.5 Å². The molecule has 0 spiro atoms. The van der Waals surface area contributed by atoms with Gasteiger partial charge in [0, 0.05) is 39.0 Å². The van der Waals surface area contributed by atoms with Crippen molar-refractivity contribution < 1.29 is 4.42 Å². The minimum Gasteiger partial charge on any atom is -0.456 e. The minimum absolute atomic E-state index is 0.592. The van der Waals surface area contributed by atoms with Crippen molar-refractivity contribution in [2.45, 2.75) is 13.1 Å². The maximum atomic E-state index is 7.65. The average Bonchev–Trinajstić information content (AvgIpc) is 3.87. The molecule has 0 unspecified atom stereocenters. The lowest BCUT2D eigenvalue weighted by Crippen LogP contribution is -2.49. The highest BCUT2D eigenvalue weighted by atomic mass is 28.3. The molecule has 1 aliphatic heterocycles. The van der Waals surface area contributed by atoms with Crippen LogP contribution < -0.4 is 10.4 Å². The Morgan fingerprint density at radius 2 is 1.00 bits per heavy atom. The summed E-state index contributed by atoms with van der Waals surface area (Å²) in [5, 5.41) is 9.53. The summed E-state index contributed by atoms with van der Waals surface area (Å²) in [6.07, 6.45) is 0. The highest BCUT2D eigenvalue weighted by Crippen LogP contribution is 2.41. The molecule has 4 heterocycles. The summed E-state index contributed by atoms with van der Waals surface area (Å²) >= 11 is 0. The first-order valence-corrected chi connectivity index (χ1v) is 20.4. The van der Waals surface area contributed by atoms with E-state index in [0.717, 1.165) is 60.6 Å². The summed E-state index contributed by atoms with van der Waals surface area (Å²) in [6, 6.07) is 47.2. The molecule has 5 nitrogen and oxygen atoms in total. The Morgan fingerprint density at radius 3 is 1.63 bits per heavy atom. The van der Waals surface area contributed by atoms with Gasteiger partial charge in [0.2, 0.25) is 0 Å². The third-order valence-electron chi connectivity index (χ3n) is 11.3. The van der Waals surface area contributed by atoms with Crippen molar-refractivity contribution in [1.82, 2.24) is 9.13 Å². The van der Waals surface area contributed by atoms with Gasteiger partial charge in [0.05, 0.1) is 35.2 Å². The number of rotatable bonds is 2. The molecule has 0 fully saturated rings. The predicted molar refractivity (Wildman–Crippen MR) is 217 cm³/mol. The second kappa shape index (κ2) is 10.1. The van der Waals surface area contributed by atoms with Crippen LogP contribution in [0.2, 0.25) is 13.1 Å². The number of hydrogen-bond acceptors (Lipinski definition) is 1. The Bertz CT molecular complexity index is 3240. The quantitative estimate of drug-likeness (QED) is 0.132. The summed E-state index contributed by atoms with van der Waals surface area (Å²) in [7, 11) is -1.99. The highest BCUT2D eigenvalue weighted by molar-refractivity contribution is 7.03. The van der Waals surface area contributed by atoms with Crippen LogP contribution in [0.15, 0.2) is 138 Å². The van der Waals surface area contributed by atoms with Crippen molar-refractivity contribution >= 4 is 95.4 Å². The summed E-state index contributed by atoms with van der Waals surface area (Å²) in [4.78, 5) is 7.42. The summed E-state index contributed by atoms with van der Waals surface area (Å²) in [5.74, 6) is 0. The molecule has 0 saturated heterocycles. The monoisotopic (exact) mass is 680 g/mol. The van der Waals surface area contributed by atoms with E-state index in [4.69, 9.17) is 17.6 Å². The first kappa shape index (κ1) is 28.9. The first-order chi connectivity index (χ1) is 25.4. The molecule has 0 amide bonds. The van der Waals surface area contributed by atoms with Gasteiger partial charge in [-0.1, -0.05) is 73.8 Å². The standard InChI is InChI=1S/C46H28N4OSi/c1-47-27-13-17-40-33(21-27)34-22-28(48-2)14-18-41(34)49(40)29-15-19-45-37(23-29)38-24-30(16-20-46(38)52(45,3)4)50-39-11-7-5-9-31(39)35-25-36-32-10-6-8-12-43(32)51-44(36)26-42(35)50/h5-26H,3-4H3. The predicted octanol–water partition coefficient (Wildman–Crippen LogP) is 11.7. The summed E-state index contributed by atoms with van der Waals surface area (Å²) in [6.45, 7) is 20.2. The molecule has 0 atom stereocenters. The lowest BCUT2D eigenvalue weighted by atomic mass is 10.0. The molecule has 0 saturated carbocycles. The van der Waals surface area contributed by atoms with E-state index >= 15 is 0 Å². The largest absolute Gasteiger partial charge is 0.456 e. The third-order valence-corrected chi connectivity index (χ3v) is 14.9. The number of hydrogen-bond donors (Lipinski definition) is 0. The molecule has 1 aliphatic rings. The van der Waals surface area contributed by atoms with E-state index in [0.29, 0.717) is 11.4 Å². The van der Waals surface area contributed by atoms with Gasteiger partial charge in [-0.3, -0.25) is 0 Å². The van der Waals surface area contributed by atoms with Crippen molar-refractivity contribution in [3.63, 3.8) is 0 Å². The number of aromatic nitrogens is 2. The SMILES string of the molecule is [C-]#[N+]c1ccc2c(c1)c1cc([N+]#[C-])ccc1n2-c1ccc2c(c1)-c1cc(-n3c4ccccc4c4cc5c(cc43)oc3ccccc35)ccc1[Si]2(C)C. The van der Waals surface area contributed by atoms with Gasteiger partial charge in [0.15, 0.2) is 11.4 Å². The maximum Gasteiger partial charge on any atom is 0.188 e. The Kier molecular flexibility index (Phi) is 5.62. The zero-order chi connectivity index (χ0) is 34.9. The Morgan fingerprint density at radius 1 is 0.462 bits per heavy atom. The molecule has 0 radical (unpaired) electrons. The Hall–Kier alpha value is -6.86. The van der Waals surface area contributed by atoms with Gasteiger partial charge in [-0.05, 0) is 99.0 Å². The smallest absolute Gasteiger partial charge is 0.188 e.